The number of aliphatic hydroxyl groups is 11. The van der Waals surface area contributed by atoms with E-state index in [1.807, 2.05) is 6.08 Å². The van der Waals surface area contributed by atoms with E-state index in [4.69, 9.17) is 28.4 Å². The van der Waals surface area contributed by atoms with E-state index >= 15 is 0 Å². The van der Waals surface area contributed by atoms with Gasteiger partial charge in [0, 0.05) is 6.42 Å². The normalized spacial score (nSPS) is 28.1. The number of carbonyl (C=O) groups excluding carboxylic acids is 1. The summed E-state index contributed by atoms with van der Waals surface area (Å²) in [5, 5.41) is 121. The van der Waals surface area contributed by atoms with Crippen LogP contribution in [0, 0.1) is 0 Å². The number of unbranched alkanes of at least 4 members (excludes halogenated alkanes) is 39. The van der Waals surface area contributed by atoms with E-state index in [0.29, 0.717) is 12.8 Å². The first-order valence-electron chi connectivity index (χ1n) is 36.6. The van der Waals surface area contributed by atoms with E-state index in [9.17, 15) is 61.0 Å². The standard InChI is InChI=1S/C71H133NO18/c1-3-5-7-9-11-13-15-17-19-21-23-25-27-28-30-32-34-36-38-40-42-44-46-48-55(76)54(72-59(77)49-47-45-43-41-39-37-35-33-31-29-26-24-22-20-18-16-14-12-10-8-6-4-2)53-85-69-65(83)62(80)67(57(51-74)87-69)90-71-66(84)63(81)68(58(52-75)88-71)89-70-64(82)61(79)60(78)56(50-73)86-70/h38,40,46,48,54-58,60-71,73-76,78-84H,3-37,39,41-45,47,49-53H2,1-2H3,(H,72,77)/b40-38+,48-46+. The van der Waals surface area contributed by atoms with Gasteiger partial charge in [-0.1, -0.05) is 276 Å². The number of hydrogen-bond donors (Lipinski definition) is 12. The Labute approximate surface area is 543 Å². The van der Waals surface area contributed by atoms with Crippen LogP contribution in [0.15, 0.2) is 24.3 Å². The number of carbonyl (C=O) groups is 1. The molecule has 0 aromatic heterocycles. The van der Waals surface area contributed by atoms with E-state index < -0.39 is 124 Å². The lowest BCUT2D eigenvalue weighted by Gasteiger charge is -2.48. The van der Waals surface area contributed by atoms with Gasteiger partial charge >= 0.3 is 0 Å². The van der Waals surface area contributed by atoms with Crippen molar-refractivity contribution >= 4 is 5.91 Å². The molecule has 3 rings (SSSR count). The van der Waals surface area contributed by atoms with E-state index in [0.717, 1.165) is 38.5 Å². The van der Waals surface area contributed by atoms with E-state index in [-0.39, 0.29) is 18.9 Å². The quantitative estimate of drug-likeness (QED) is 0.0199. The highest BCUT2D eigenvalue weighted by molar-refractivity contribution is 5.76. The number of aliphatic hydroxyl groups excluding tert-OH is 11. The number of hydrogen-bond acceptors (Lipinski definition) is 18. The number of allylic oxidation sites excluding steroid dienone is 3. The lowest BCUT2D eigenvalue weighted by atomic mass is 9.96. The largest absolute Gasteiger partial charge is 0.394 e. The molecule has 0 aromatic carbocycles. The van der Waals surface area contributed by atoms with Crippen LogP contribution in [0.2, 0.25) is 0 Å². The average Bonchev–Trinajstić information content (AvgIpc) is 1.16. The van der Waals surface area contributed by atoms with Crippen LogP contribution in [0.5, 0.6) is 0 Å². The molecule has 0 saturated carbocycles. The van der Waals surface area contributed by atoms with Crippen molar-refractivity contribution < 1.29 is 89.4 Å². The molecule has 19 heteroatoms. The molecule has 0 radical (unpaired) electrons. The summed E-state index contributed by atoms with van der Waals surface area (Å²) in [5.74, 6) is -0.279. The maximum atomic E-state index is 13.4. The topological polar surface area (TPSA) is 307 Å². The highest BCUT2D eigenvalue weighted by Gasteiger charge is 2.53. The first kappa shape index (κ1) is 82.5. The summed E-state index contributed by atoms with van der Waals surface area (Å²) in [5.41, 5.74) is 0. The van der Waals surface area contributed by atoms with Gasteiger partial charge in [-0.25, -0.2) is 0 Å². The number of amides is 1. The van der Waals surface area contributed by atoms with E-state index in [1.165, 1.54) is 218 Å². The van der Waals surface area contributed by atoms with Gasteiger partial charge in [-0.3, -0.25) is 4.79 Å². The fourth-order valence-corrected chi connectivity index (χ4v) is 12.6. The Kier molecular flexibility index (Phi) is 49.0. The molecule has 17 atom stereocenters. The van der Waals surface area contributed by atoms with Crippen molar-refractivity contribution in [3.8, 4) is 0 Å². The van der Waals surface area contributed by atoms with Crippen LogP contribution < -0.4 is 5.32 Å². The SMILES string of the molecule is CCCCCCCCCCCCCCCCCCC/C=C/CC/C=C/C(O)C(COC1OC(CO)C(OC2OC(CO)C(OC3OC(CO)C(O)C(O)C3O)C(O)C2O)C(O)C1O)NC(=O)CCCCCCCCCCCCCCCCCCCCCCCC. The summed E-state index contributed by atoms with van der Waals surface area (Å²) in [7, 11) is 0. The molecule has 3 fully saturated rings. The minimum absolute atomic E-state index is 0.241. The number of rotatable bonds is 57. The van der Waals surface area contributed by atoms with Crippen LogP contribution >= 0.6 is 0 Å². The summed E-state index contributed by atoms with van der Waals surface area (Å²) < 4.78 is 34.4. The number of nitrogens with one attached hydrogen (secondary N) is 1. The Morgan fingerprint density at radius 1 is 0.389 bits per heavy atom. The second-order valence-electron chi connectivity index (χ2n) is 26.4. The smallest absolute Gasteiger partial charge is 0.220 e. The van der Waals surface area contributed by atoms with Crippen molar-refractivity contribution in [2.45, 2.75) is 394 Å². The summed E-state index contributed by atoms with van der Waals surface area (Å²) in [6, 6.07) is -0.987. The zero-order chi connectivity index (χ0) is 65.4. The van der Waals surface area contributed by atoms with Crippen LogP contribution in [-0.2, 0) is 33.2 Å². The summed E-state index contributed by atoms with van der Waals surface area (Å²) in [6.07, 6.45) is 34.4. The third-order valence-corrected chi connectivity index (χ3v) is 18.5. The molecule has 0 aromatic rings. The van der Waals surface area contributed by atoms with Crippen molar-refractivity contribution in [2.75, 3.05) is 26.4 Å². The lowest BCUT2D eigenvalue weighted by molar-refractivity contribution is -0.379. The monoisotopic (exact) mass is 1290 g/mol. The van der Waals surface area contributed by atoms with Gasteiger partial charge in [0.15, 0.2) is 18.9 Å². The Morgan fingerprint density at radius 2 is 0.711 bits per heavy atom. The molecule has 12 N–H and O–H groups in total. The Hall–Kier alpha value is -1.73. The lowest BCUT2D eigenvalue weighted by Crippen LogP contribution is -2.66. The molecule has 0 spiro atoms. The maximum absolute atomic E-state index is 13.4. The van der Waals surface area contributed by atoms with Gasteiger partial charge in [0.2, 0.25) is 5.91 Å². The van der Waals surface area contributed by atoms with Crippen molar-refractivity contribution in [1.29, 1.82) is 0 Å². The van der Waals surface area contributed by atoms with Crippen molar-refractivity contribution in [3.63, 3.8) is 0 Å². The first-order chi connectivity index (χ1) is 43.8. The van der Waals surface area contributed by atoms with Gasteiger partial charge in [-0.2, -0.15) is 0 Å². The van der Waals surface area contributed by atoms with Crippen molar-refractivity contribution in [3.05, 3.63) is 24.3 Å². The zero-order valence-corrected chi connectivity index (χ0v) is 56.1. The van der Waals surface area contributed by atoms with Gasteiger partial charge in [-0.05, 0) is 32.1 Å². The fourth-order valence-electron chi connectivity index (χ4n) is 12.6. The summed E-state index contributed by atoms with van der Waals surface area (Å²) in [6.45, 7) is 1.76. The van der Waals surface area contributed by atoms with Gasteiger partial charge in [0.05, 0.1) is 38.6 Å². The Bertz CT molecular complexity index is 1730. The fraction of sp³-hybridized carbons (Fsp3) is 0.930. The van der Waals surface area contributed by atoms with Crippen molar-refractivity contribution in [2.24, 2.45) is 0 Å². The number of ether oxygens (including phenoxy) is 6. The van der Waals surface area contributed by atoms with Gasteiger partial charge in [0.25, 0.3) is 0 Å². The third kappa shape index (κ3) is 34.8. The van der Waals surface area contributed by atoms with Crippen LogP contribution in [-0.4, -0.2) is 193 Å². The average molecular weight is 1290 g/mol. The molecule has 3 aliphatic rings. The molecule has 0 aliphatic carbocycles. The molecule has 17 unspecified atom stereocenters. The first-order valence-corrected chi connectivity index (χ1v) is 36.6. The Morgan fingerprint density at radius 3 is 1.11 bits per heavy atom. The molecule has 3 aliphatic heterocycles. The van der Waals surface area contributed by atoms with Crippen LogP contribution in [0.1, 0.15) is 290 Å². The second kappa shape index (κ2) is 53.4. The minimum atomic E-state index is -1.98. The predicted molar refractivity (Wildman–Crippen MR) is 351 cm³/mol. The molecule has 90 heavy (non-hydrogen) atoms. The van der Waals surface area contributed by atoms with Crippen LogP contribution in [0.4, 0.5) is 0 Å². The van der Waals surface area contributed by atoms with E-state index in [2.05, 4.69) is 31.3 Å². The second-order valence-corrected chi connectivity index (χ2v) is 26.4. The van der Waals surface area contributed by atoms with Crippen LogP contribution in [0.25, 0.3) is 0 Å². The molecular formula is C71H133NO18. The van der Waals surface area contributed by atoms with Gasteiger partial charge < -0.3 is 89.9 Å². The van der Waals surface area contributed by atoms with Gasteiger partial charge in [0.1, 0.15) is 73.2 Å². The molecule has 3 saturated heterocycles. The highest BCUT2D eigenvalue weighted by Crippen LogP contribution is 2.33. The molecule has 19 nitrogen and oxygen atoms in total. The van der Waals surface area contributed by atoms with Crippen molar-refractivity contribution in [1.82, 2.24) is 5.32 Å². The molecule has 3 heterocycles. The summed E-state index contributed by atoms with van der Waals surface area (Å²) in [4.78, 5) is 13.4. The zero-order valence-electron chi connectivity index (χ0n) is 56.1. The minimum Gasteiger partial charge on any atom is -0.394 e. The molecule has 1 amide bonds. The molecular weight excluding hydrogens is 1150 g/mol. The maximum Gasteiger partial charge on any atom is 0.220 e. The third-order valence-electron chi connectivity index (χ3n) is 18.5. The summed E-state index contributed by atoms with van der Waals surface area (Å²) >= 11 is 0. The van der Waals surface area contributed by atoms with E-state index in [1.54, 1.807) is 6.08 Å². The highest BCUT2D eigenvalue weighted by atomic mass is 16.8. The van der Waals surface area contributed by atoms with Gasteiger partial charge in [-0.15, -0.1) is 0 Å². The van der Waals surface area contributed by atoms with Crippen LogP contribution in [0.3, 0.4) is 0 Å². The Balaban J connectivity index is 1.44. The predicted octanol–water partition coefficient (Wildman–Crippen LogP) is 10.2. The molecule has 0 bridgehead atoms. The molecule has 530 valence electrons.